The molecule has 32 heavy (non-hydrogen) atoms. The third-order valence-corrected chi connectivity index (χ3v) is 6.01. The lowest BCUT2D eigenvalue weighted by atomic mass is 9.78. The molecule has 1 aliphatic rings. The van der Waals surface area contributed by atoms with Crippen LogP contribution < -0.4 is 10.1 Å². The number of β-amino-alcohol motifs (C(OH)–C–C–N with tert-alkyl or cyclic N) is 1. The number of halogens is 1. The number of carbonyl (C=O) groups excluding carboxylic acids is 1. The van der Waals surface area contributed by atoms with Gasteiger partial charge >= 0.3 is 0 Å². The Hall–Kier alpha value is -3.29. The Bertz CT molecular complexity index is 1060. The van der Waals surface area contributed by atoms with Gasteiger partial charge in [0.2, 0.25) is 0 Å². The summed E-state index contributed by atoms with van der Waals surface area (Å²) in [5, 5.41) is 14.4. The number of likely N-dealkylation sites (tertiary alicyclic amines) is 1. The number of nitrogens with one attached hydrogen (secondary N) is 1. The molecule has 1 fully saturated rings. The van der Waals surface area contributed by atoms with E-state index >= 15 is 0 Å². The van der Waals surface area contributed by atoms with Crippen LogP contribution >= 0.6 is 0 Å². The Morgan fingerprint density at radius 3 is 2.66 bits per heavy atom. The number of carbonyl (C=O) groups is 1. The van der Waals surface area contributed by atoms with Crippen molar-refractivity contribution in [3.05, 3.63) is 95.6 Å². The summed E-state index contributed by atoms with van der Waals surface area (Å²) in [6.07, 6.45) is 3.11. The van der Waals surface area contributed by atoms with Crippen LogP contribution in [0.25, 0.3) is 0 Å². The first kappa shape index (κ1) is 21.9. The van der Waals surface area contributed by atoms with E-state index in [0.717, 1.165) is 17.2 Å². The highest BCUT2D eigenvalue weighted by molar-refractivity contribution is 5.97. The molecule has 3 aromatic rings. The zero-order chi connectivity index (χ0) is 22.6. The van der Waals surface area contributed by atoms with Gasteiger partial charge in [-0.3, -0.25) is 14.7 Å². The van der Waals surface area contributed by atoms with Gasteiger partial charge in [-0.1, -0.05) is 30.3 Å². The molecule has 1 aliphatic heterocycles. The SMILES string of the molecule is COc1ccc(F)cc1C(=O)N[C@@]1(c2ccccc2)CCN(Cc2ccncc2)C[C@H]1O. The molecular weight excluding hydrogens is 409 g/mol. The van der Waals surface area contributed by atoms with Gasteiger partial charge in [-0.05, 0) is 47.9 Å². The lowest BCUT2D eigenvalue weighted by Crippen LogP contribution is -2.61. The summed E-state index contributed by atoms with van der Waals surface area (Å²) in [5.41, 5.74) is 0.992. The molecule has 166 valence electrons. The van der Waals surface area contributed by atoms with E-state index in [9.17, 15) is 14.3 Å². The van der Waals surface area contributed by atoms with Crippen molar-refractivity contribution in [2.45, 2.75) is 24.6 Å². The van der Waals surface area contributed by atoms with Crippen molar-refractivity contribution in [2.75, 3.05) is 20.2 Å². The highest BCUT2D eigenvalue weighted by Gasteiger charge is 2.45. The normalized spacial score (nSPS) is 21.2. The first-order valence-corrected chi connectivity index (χ1v) is 10.5. The van der Waals surface area contributed by atoms with E-state index in [1.54, 1.807) is 12.4 Å². The smallest absolute Gasteiger partial charge is 0.255 e. The molecule has 0 unspecified atom stereocenters. The highest BCUT2D eigenvalue weighted by Crippen LogP contribution is 2.35. The number of benzene rings is 2. The van der Waals surface area contributed by atoms with Crippen molar-refractivity contribution in [1.82, 2.24) is 15.2 Å². The van der Waals surface area contributed by atoms with Crippen molar-refractivity contribution in [1.29, 1.82) is 0 Å². The van der Waals surface area contributed by atoms with Crippen molar-refractivity contribution in [3.63, 3.8) is 0 Å². The zero-order valence-corrected chi connectivity index (χ0v) is 17.9. The molecule has 0 bridgehead atoms. The van der Waals surface area contributed by atoms with E-state index in [-0.39, 0.29) is 11.3 Å². The Labute approximate surface area is 186 Å². The Morgan fingerprint density at radius 1 is 1.22 bits per heavy atom. The van der Waals surface area contributed by atoms with Gasteiger partial charge in [0.05, 0.1) is 24.3 Å². The molecule has 2 aromatic carbocycles. The summed E-state index contributed by atoms with van der Waals surface area (Å²) in [4.78, 5) is 19.4. The van der Waals surface area contributed by atoms with E-state index in [0.29, 0.717) is 26.1 Å². The van der Waals surface area contributed by atoms with Crippen LogP contribution in [0.1, 0.15) is 27.9 Å². The molecule has 2 heterocycles. The first-order chi connectivity index (χ1) is 15.5. The third kappa shape index (κ3) is 4.49. The van der Waals surface area contributed by atoms with Crippen LogP contribution in [0, 0.1) is 5.82 Å². The number of hydrogen-bond donors (Lipinski definition) is 2. The summed E-state index contributed by atoms with van der Waals surface area (Å²) >= 11 is 0. The summed E-state index contributed by atoms with van der Waals surface area (Å²) < 4.78 is 19.1. The van der Waals surface area contributed by atoms with Crippen molar-refractivity contribution >= 4 is 5.91 Å². The van der Waals surface area contributed by atoms with Gasteiger partial charge in [0.15, 0.2) is 0 Å². The Morgan fingerprint density at radius 2 is 1.97 bits per heavy atom. The standard InChI is InChI=1S/C25H26FN3O3/c1-32-22-8-7-20(26)15-21(22)24(31)28-25(19-5-3-2-4-6-19)11-14-29(17-23(25)30)16-18-9-12-27-13-10-18/h2-10,12-13,15,23,30H,11,14,16-17H2,1H3,(H,28,31)/t23-,25-/m1/s1. The molecule has 1 amide bonds. The number of nitrogens with zero attached hydrogens (tertiary/aromatic N) is 2. The summed E-state index contributed by atoms with van der Waals surface area (Å²) in [6, 6.07) is 17.1. The number of piperidine rings is 1. The lowest BCUT2D eigenvalue weighted by Gasteiger charge is -2.46. The number of pyridine rings is 1. The molecule has 6 nitrogen and oxygen atoms in total. The van der Waals surface area contributed by atoms with E-state index in [1.165, 1.54) is 19.2 Å². The molecule has 0 radical (unpaired) electrons. The monoisotopic (exact) mass is 435 g/mol. The topological polar surface area (TPSA) is 74.7 Å². The van der Waals surface area contributed by atoms with Crippen LogP contribution in [0.4, 0.5) is 4.39 Å². The van der Waals surface area contributed by atoms with Crippen LogP contribution in [0.5, 0.6) is 5.75 Å². The van der Waals surface area contributed by atoms with E-state index in [2.05, 4.69) is 15.2 Å². The number of aliphatic hydroxyl groups is 1. The number of ether oxygens (including phenoxy) is 1. The predicted molar refractivity (Wildman–Crippen MR) is 119 cm³/mol. The van der Waals surface area contributed by atoms with Gasteiger partial charge in [-0.15, -0.1) is 0 Å². The van der Waals surface area contributed by atoms with Gasteiger partial charge in [0.25, 0.3) is 5.91 Å². The number of aliphatic hydroxyl groups excluding tert-OH is 1. The number of amides is 1. The molecule has 0 saturated carbocycles. The van der Waals surface area contributed by atoms with Gasteiger partial charge < -0.3 is 15.2 Å². The van der Waals surface area contributed by atoms with E-state index in [1.807, 2.05) is 42.5 Å². The van der Waals surface area contributed by atoms with Gasteiger partial charge in [-0.2, -0.15) is 0 Å². The maximum Gasteiger partial charge on any atom is 0.255 e. The largest absolute Gasteiger partial charge is 0.496 e. The van der Waals surface area contributed by atoms with Crippen LogP contribution in [-0.4, -0.2) is 47.2 Å². The highest BCUT2D eigenvalue weighted by atomic mass is 19.1. The van der Waals surface area contributed by atoms with Gasteiger partial charge in [0, 0.05) is 32.0 Å². The van der Waals surface area contributed by atoms with E-state index in [4.69, 9.17) is 4.74 Å². The zero-order valence-electron chi connectivity index (χ0n) is 17.9. The minimum absolute atomic E-state index is 0.0919. The third-order valence-electron chi connectivity index (χ3n) is 6.01. The fraction of sp³-hybridized carbons (Fsp3) is 0.280. The van der Waals surface area contributed by atoms with E-state index < -0.39 is 23.4 Å². The predicted octanol–water partition coefficient (Wildman–Crippen LogP) is 3.12. The van der Waals surface area contributed by atoms with Crippen LogP contribution in [-0.2, 0) is 12.1 Å². The average Bonchev–Trinajstić information content (AvgIpc) is 2.82. The summed E-state index contributed by atoms with van der Waals surface area (Å²) in [7, 11) is 1.43. The molecule has 7 heteroatoms. The molecule has 0 aliphatic carbocycles. The Kier molecular flexibility index (Phi) is 6.48. The number of rotatable bonds is 6. The van der Waals surface area contributed by atoms with Crippen LogP contribution in [0.2, 0.25) is 0 Å². The Balaban J connectivity index is 1.62. The fourth-order valence-electron chi connectivity index (χ4n) is 4.30. The minimum atomic E-state index is -1.01. The molecular formula is C25H26FN3O3. The van der Waals surface area contributed by atoms with Gasteiger partial charge in [0.1, 0.15) is 11.6 Å². The van der Waals surface area contributed by atoms with Crippen molar-refractivity contribution < 1.29 is 19.0 Å². The van der Waals surface area contributed by atoms with Crippen LogP contribution in [0.15, 0.2) is 73.1 Å². The van der Waals surface area contributed by atoms with Crippen molar-refractivity contribution in [2.24, 2.45) is 0 Å². The molecule has 1 aromatic heterocycles. The second kappa shape index (κ2) is 9.46. The average molecular weight is 435 g/mol. The van der Waals surface area contributed by atoms with Crippen LogP contribution in [0.3, 0.4) is 0 Å². The quantitative estimate of drug-likeness (QED) is 0.622. The number of hydrogen-bond acceptors (Lipinski definition) is 5. The van der Waals surface area contributed by atoms with Gasteiger partial charge in [-0.25, -0.2) is 4.39 Å². The minimum Gasteiger partial charge on any atom is -0.496 e. The number of aromatic nitrogens is 1. The molecule has 4 rings (SSSR count). The molecule has 2 atom stereocenters. The fourth-order valence-corrected chi connectivity index (χ4v) is 4.30. The second-order valence-corrected chi connectivity index (χ2v) is 7.99. The second-order valence-electron chi connectivity index (χ2n) is 7.99. The number of methoxy groups -OCH3 is 1. The first-order valence-electron chi connectivity index (χ1n) is 10.5. The molecule has 2 N–H and O–H groups in total. The maximum absolute atomic E-state index is 13.9. The maximum atomic E-state index is 13.9. The molecule has 0 spiro atoms. The summed E-state index contributed by atoms with van der Waals surface area (Å²) in [6.45, 7) is 1.71. The molecule has 1 saturated heterocycles. The van der Waals surface area contributed by atoms with Crippen molar-refractivity contribution in [3.8, 4) is 5.75 Å². The summed E-state index contributed by atoms with van der Waals surface area (Å²) in [5.74, 6) is -0.749. The lowest BCUT2D eigenvalue weighted by molar-refractivity contribution is -0.0181.